The van der Waals surface area contributed by atoms with Crippen LogP contribution >= 0.6 is 23.7 Å². The Morgan fingerprint density at radius 3 is 2.94 bits per heavy atom. The molecule has 0 amide bonds. The predicted octanol–water partition coefficient (Wildman–Crippen LogP) is 4.29. The van der Waals surface area contributed by atoms with Crippen LogP contribution in [0.5, 0.6) is 0 Å². The lowest BCUT2D eigenvalue weighted by atomic mass is 10.3. The van der Waals surface area contributed by atoms with Crippen molar-refractivity contribution in [2.45, 2.75) is 6.92 Å². The fraction of sp³-hybridized carbons (Fsp3) is 0.0833. The van der Waals surface area contributed by atoms with E-state index in [4.69, 9.17) is 0 Å². The molecule has 1 aliphatic heterocycles. The molecule has 4 heteroatoms. The van der Waals surface area contributed by atoms with Crippen molar-refractivity contribution in [3.05, 3.63) is 40.8 Å². The number of aliphatic imine (C=N–C) groups is 1. The molecule has 1 aromatic heterocycles. The monoisotopic (exact) mass is 250 g/mol. The summed E-state index contributed by atoms with van der Waals surface area (Å²) in [5.41, 5.74) is 3.25. The van der Waals surface area contributed by atoms with E-state index in [0.717, 1.165) is 11.4 Å². The average Bonchev–Trinajstić information content (AvgIpc) is 2.49. The molecule has 2 aromatic rings. The van der Waals surface area contributed by atoms with Gasteiger partial charge in [0.15, 0.2) is 0 Å². The Hall–Kier alpha value is -1.32. The van der Waals surface area contributed by atoms with Crippen LogP contribution in [-0.4, -0.2) is 6.21 Å². The van der Waals surface area contributed by atoms with E-state index in [1.165, 1.54) is 15.4 Å². The summed E-state index contributed by atoms with van der Waals surface area (Å²) >= 11 is 1.76. The quantitative estimate of drug-likeness (QED) is 0.633. The molecule has 0 bridgehead atoms. The Kier molecular flexibility index (Phi) is 2.99. The molecule has 0 radical (unpaired) electrons. The number of nitrogens with one attached hydrogen (secondary N) is 1. The first kappa shape index (κ1) is 11.2. The second kappa shape index (κ2) is 4.28. The van der Waals surface area contributed by atoms with E-state index < -0.39 is 0 Å². The number of nitrogens with zero attached hydrogens (tertiary/aromatic N) is 1. The molecule has 0 spiro atoms. The van der Waals surface area contributed by atoms with Gasteiger partial charge in [-0.15, -0.1) is 23.7 Å². The topological polar surface area (TPSA) is 24.4 Å². The Labute approximate surface area is 104 Å². The van der Waals surface area contributed by atoms with Crippen LogP contribution in [0.3, 0.4) is 0 Å². The van der Waals surface area contributed by atoms with E-state index in [9.17, 15) is 0 Å². The van der Waals surface area contributed by atoms with Gasteiger partial charge >= 0.3 is 0 Å². The molecule has 2 heterocycles. The lowest BCUT2D eigenvalue weighted by Gasteiger charge is -2.04. The van der Waals surface area contributed by atoms with Gasteiger partial charge in [0, 0.05) is 16.7 Å². The standard InChI is InChI=1S/C12H10N2S.ClH/c1-8-6-9-7-13-10-4-2-3-5-11(10)14-12(9)15-8;/h2-7,14H,1H3;1H. The number of aryl methyl sites for hydroxylation is 1. The number of hydrogen-bond donors (Lipinski definition) is 1. The summed E-state index contributed by atoms with van der Waals surface area (Å²) in [6.07, 6.45) is 1.93. The Balaban J connectivity index is 0.000000963. The van der Waals surface area contributed by atoms with Crippen molar-refractivity contribution in [3.8, 4) is 0 Å². The largest absolute Gasteiger partial charge is 0.345 e. The zero-order valence-corrected chi connectivity index (χ0v) is 10.4. The SMILES string of the molecule is Cc1cc2c(s1)Nc1ccccc1N=C2.Cl. The maximum atomic E-state index is 4.46. The highest BCUT2D eigenvalue weighted by molar-refractivity contribution is 7.16. The minimum Gasteiger partial charge on any atom is -0.345 e. The minimum atomic E-state index is 0. The molecular formula is C12H11ClN2S. The predicted molar refractivity (Wildman–Crippen MR) is 73.3 cm³/mol. The number of halogens is 1. The van der Waals surface area contributed by atoms with Gasteiger partial charge in [0.1, 0.15) is 5.00 Å². The minimum absolute atomic E-state index is 0. The summed E-state index contributed by atoms with van der Waals surface area (Å²) in [6.45, 7) is 2.11. The average molecular weight is 251 g/mol. The molecule has 0 atom stereocenters. The smallest absolute Gasteiger partial charge is 0.102 e. The molecule has 0 saturated carbocycles. The molecule has 82 valence electrons. The first-order valence-electron chi connectivity index (χ1n) is 4.83. The van der Waals surface area contributed by atoms with Crippen LogP contribution in [0.4, 0.5) is 16.4 Å². The van der Waals surface area contributed by atoms with Gasteiger partial charge in [0.05, 0.1) is 11.4 Å². The van der Waals surface area contributed by atoms with Crippen LogP contribution in [0.25, 0.3) is 0 Å². The van der Waals surface area contributed by atoms with Crippen molar-refractivity contribution in [1.29, 1.82) is 0 Å². The number of anilines is 2. The van der Waals surface area contributed by atoms with Crippen LogP contribution in [0.15, 0.2) is 35.3 Å². The Bertz CT molecular complexity index is 546. The second-order valence-electron chi connectivity index (χ2n) is 3.54. The van der Waals surface area contributed by atoms with E-state index in [-0.39, 0.29) is 12.4 Å². The summed E-state index contributed by atoms with van der Waals surface area (Å²) in [4.78, 5) is 5.76. The molecule has 1 aliphatic rings. The van der Waals surface area contributed by atoms with E-state index in [0.29, 0.717) is 0 Å². The highest BCUT2D eigenvalue weighted by Crippen LogP contribution is 2.36. The number of thiophene rings is 1. The van der Waals surface area contributed by atoms with E-state index in [2.05, 4.69) is 29.4 Å². The van der Waals surface area contributed by atoms with Gasteiger partial charge in [-0.05, 0) is 25.1 Å². The molecule has 0 unspecified atom stereocenters. The van der Waals surface area contributed by atoms with Crippen LogP contribution in [0, 0.1) is 6.92 Å². The van der Waals surface area contributed by atoms with Gasteiger partial charge < -0.3 is 5.32 Å². The van der Waals surface area contributed by atoms with E-state index >= 15 is 0 Å². The molecule has 2 nitrogen and oxygen atoms in total. The fourth-order valence-corrected chi connectivity index (χ4v) is 2.58. The fourth-order valence-electron chi connectivity index (χ4n) is 1.68. The van der Waals surface area contributed by atoms with Crippen molar-refractivity contribution in [2.24, 2.45) is 4.99 Å². The van der Waals surface area contributed by atoms with Gasteiger partial charge in [-0.3, -0.25) is 4.99 Å². The number of fused-ring (bicyclic) bond motifs is 2. The highest BCUT2D eigenvalue weighted by Gasteiger charge is 2.10. The zero-order chi connectivity index (χ0) is 10.3. The third kappa shape index (κ3) is 1.84. The maximum Gasteiger partial charge on any atom is 0.102 e. The van der Waals surface area contributed by atoms with Gasteiger partial charge in [0.25, 0.3) is 0 Å². The molecule has 1 aromatic carbocycles. The molecule has 1 N–H and O–H groups in total. The van der Waals surface area contributed by atoms with Crippen molar-refractivity contribution in [3.63, 3.8) is 0 Å². The van der Waals surface area contributed by atoms with Crippen LogP contribution in [0.1, 0.15) is 10.4 Å². The third-order valence-electron chi connectivity index (χ3n) is 2.38. The first-order chi connectivity index (χ1) is 7.33. The van der Waals surface area contributed by atoms with Crippen molar-refractivity contribution < 1.29 is 0 Å². The molecule has 16 heavy (non-hydrogen) atoms. The Morgan fingerprint density at radius 2 is 2.06 bits per heavy atom. The second-order valence-corrected chi connectivity index (χ2v) is 4.80. The lowest BCUT2D eigenvalue weighted by Crippen LogP contribution is -1.87. The highest BCUT2D eigenvalue weighted by atomic mass is 35.5. The summed E-state index contributed by atoms with van der Waals surface area (Å²) in [5, 5.41) is 4.60. The van der Waals surface area contributed by atoms with E-state index in [1.807, 2.05) is 24.4 Å². The zero-order valence-electron chi connectivity index (χ0n) is 8.73. The number of rotatable bonds is 0. The number of para-hydroxylation sites is 2. The number of benzene rings is 1. The van der Waals surface area contributed by atoms with Gasteiger partial charge in [-0.25, -0.2) is 0 Å². The van der Waals surface area contributed by atoms with Crippen LogP contribution < -0.4 is 5.32 Å². The Morgan fingerprint density at radius 1 is 1.25 bits per heavy atom. The summed E-state index contributed by atoms with van der Waals surface area (Å²) in [6, 6.07) is 10.2. The van der Waals surface area contributed by atoms with Gasteiger partial charge in [0.2, 0.25) is 0 Å². The van der Waals surface area contributed by atoms with Crippen LogP contribution in [-0.2, 0) is 0 Å². The molecule has 0 fully saturated rings. The van der Waals surface area contributed by atoms with E-state index in [1.54, 1.807) is 11.3 Å². The summed E-state index contributed by atoms with van der Waals surface area (Å²) in [7, 11) is 0. The van der Waals surface area contributed by atoms with Crippen molar-refractivity contribution in [2.75, 3.05) is 5.32 Å². The first-order valence-corrected chi connectivity index (χ1v) is 5.65. The lowest BCUT2D eigenvalue weighted by molar-refractivity contribution is 1.53. The van der Waals surface area contributed by atoms with Gasteiger partial charge in [-0.1, -0.05) is 12.1 Å². The summed E-state index contributed by atoms with van der Waals surface area (Å²) in [5.74, 6) is 0. The number of hydrogen-bond acceptors (Lipinski definition) is 3. The van der Waals surface area contributed by atoms with Crippen molar-refractivity contribution >= 4 is 46.3 Å². The molecule has 0 aliphatic carbocycles. The maximum absolute atomic E-state index is 4.46. The molecule has 0 saturated heterocycles. The van der Waals surface area contributed by atoms with Crippen molar-refractivity contribution in [1.82, 2.24) is 0 Å². The van der Waals surface area contributed by atoms with Crippen LogP contribution in [0.2, 0.25) is 0 Å². The summed E-state index contributed by atoms with van der Waals surface area (Å²) < 4.78 is 0. The van der Waals surface area contributed by atoms with Gasteiger partial charge in [-0.2, -0.15) is 0 Å². The molecule has 3 rings (SSSR count). The third-order valence-corrected chi connectivity index (χ3v) is 3.36. The normalized spacial score (nSPS) is 11.8. The molecular weight excluding hydrogens is 240 g/mol.